The summed E-state index contributed by atoms with van der Waals surface area (Å²) < 4.78 is 6.55. The molecule has 0 fully saturated rings. The van der Waals surface area contributed by atoms with Crippen LogP contribution in [0.25, 0.3) is 10.9 Å². The van der Waals surface area contributed by atoms with Gasteiger partial charge in [0.1, 0.15) is 11.6 Å². The van der Waals surface area contributed by atoms with Crippen molar-refractivity contribution in [1.29, 1.82) is 0 Å². The molecule has 0 saturated carbocycles. The van der Waals surface area contributed by atoms with E-state index in [0.717, 1.165) is 31.5 Å². The van der Waals surface area contributed by atoms with Crippen LogP contribution in [-0.2, 0) is 22.6 Å². The van der Waals surface area contributed by atoms with Crippen LogP contribution in [0.15, 0.2) is 33.6 Å². The van der Waals surface area contributed by atoms with Crippen molar-refractivity contribution in [2.24, 2.45) is 0 Å². The summed E-state index contributed by atoms with van der Waals surface area (Å²) >= 11 is 0. The van der Waals surface area contributed by atoms with Gasteiger partial charge in [-0.1, -0.05) is 11.6 Å². The number of amides is 2. The van der Waals surface area contributed by atoms with E-state index >= 15 is 0 Å². The molecule has 2 amide bonds. The lowest BCUT2D eigenvalue weighted by atomic mass is 10.2. The summed E-state index contributed by atoms with van der Waals surface area (Å²) in [5, 5.41) is 8.86. The van der Waals surface area contributed by atoms with Gasteiger partial charge in [-0.25, -0.2) is 4.98 Å². The molecule has 28 heavy (non-hydrogen) atoms. The van der Waals surface area contributed by atoms with E-state index in [1.54, 1.807) is 29.7 Å². The Balaban J connectivity index is 1.57. The van der Waals surface area contributed by atoms with Crippen molar-refractivity contribution in [3.63, 3.8) is 0 Å². The molecule has 4 rings (SSSR count). The van der Waals surface area contributed by atoms with Crippen LogP contribution in [0.3, 0.4) is 0 Å². The molecule has 2 N–H and O–H groups in total. The monoisotopic (exact) mass is 381 g/mol. The molecule has 0 unspecified atom stereocenters. The quantitative estimate of drug-likeness (QED) is 0.655. The number of carbonyl (C=O) groups is 2. The Hall–Kier alpha value is -3.49. The summed E-state index contributed by atoms with van der Waals surface area (Å²) in [6.07, 6.45) is 3.82. The Kier molecular flexibility index (Phi) is 4.64. The van der Waals surface area contributed by atoms with Crippen molar-refractivity contribution in [3.05, 3.63) is 46.2 Å². The molecule has 0 atom stereocenters. The minimum Gasteiger partial charge on any atom is -0.360 e. The van der Waals surface area contributed by atoms with Crippen molar-refractivity contribution < 1.29 is 14.1 Å². The zero-order valence-electron chi connectivity index (χ0n) is 15.3. The second kappa shape index (κ2) is 7.26. The molecule has 3 heterocycles. The van der Waals surface area contributed by atoms with Gasteiger partial charge < -0.3 is 9.84 Å². The van der Waals surface area contributed by atoms with E-state index in [0.29, 0.717) is 28.9 Å². The maximum absolute atomic E-state index is 12.9. The largest absolute Gasteiger partial charge is 0.360 e. The predicted octanol–water partition coefficient (Wildman–Crippen LogP) is 2.00. The molecule has 0 saturated heterocycles. The number of aromatic nitrogens is 3. The Morgan fingerprint density at radius 2 is 1.93 bits per heavy atom. The first-order chi connectivity index (χ1) is 13.5. The Bertz CT molecular complexity index is 1130. The summed E-state index contributed by atoms with van der Waals surface area (Å²) in [7, 11) is 0. The van der Waals surface area contributed by atoms with Crippen LogP contribution in [0, 0.1) is 6.92 Å². The maximum Gasteiger partial charge on any atom is 0.315 e. The highest BCUT2D eigenvalue weighted by molar-refractivity contribution is 6.43. The number of nitrogens with one attached hydrogen (secondary N) is 2. The molecule has 0 radical (unpaired) electrons. The molecule has 3 aromatic rings. The molecule has 2 aromatic heterocycles. The average molecular weight is 381 g/mol. The third-order valence-corrected chi connectivity index (χ3v) is 4.65. The highest BCUT2D eigenvalue weighted by atomic mass is 16.5. The number of nitrogens with zero attached hydrogens (tertiary/aromatic N) is 3. The second-order valence-corrected chi connectivity index (χ2v) is 6.76. The fourth-order valence-corrected chi connectivity index (χ4v) is 3.28. The molecule has 0 spiro atoms. The van der Waals surface area contributed by atoms with Crippen molar-refractivity contribution in [2.45, 2.75) is 39.2 Å². The van der Waals surface area contributed by atoms with E-state index in [1.165, 1.54) is 6.07 Å². The summed E-state index contributed by atoms with van der Waals surface area (Å²) in [4.78, 5) is 41.6. The van der Waals surface area contributed by atoms with Crippen molar-refractivity contribution >= 4 is 34.2 Å². The number of carbonyl (C=O) groups excluding carboxylic acids is 2. The Labute approximate surface area is 159 Å². The van der Waals surface area contributed by atoms with Gasteiger partial charge in [-0.05, 0) is 38.0 Å². The lowest BCUT2D eigenvalue weighted by molar-refractivity contribution is -0.133. The SMILES string of the molecule is Cc1cc(NC(=O)C(=O)Nc2ccc3nc4n(c(=O)c3c2)CCCCC4)no1. The molecule has 9 nitrogen and oxygen atoms in total. The number of hydrogen-bond donors (Lipinski definition) is 2. The van der Waals surface area contributed by atoms with Gasteiger partial charge in [-0.2, -0.15) is 0 Å². The molecule has 9 heteroatoms. The van der Waals surface area contributed by atoms with Gasteiger partial charge in [-0.3, -0.25) is 24.3 Å². The Morgan fingerprint density at radius 1 is 1.11 bits per heavy atom. The topological polar surface area (TPSA) is 119 Å². The van der Waals surface area contributed by atoms with Crippen molar-refractivity contribution in [1.82, 2.24) is 14.7 Å². The second-order valence-electron chi connectivity index (χ2n) is 6.76. The fraction of sp³-hybridized carbons (Fsp3) is 0.316. The third kappa shape index (κ3) is 3.51. The lowest BCUT2D eigenvalue weighted by Crippen LogP contribution is -2.29. The van der Waals surface area contributed by atoms with Crippen molar-refractivity contribution in [2.75, 3.05) is 10.6 Å². The molecule has 0 aliphatic carbocycles. The number of benzene rings is 1. The van der Waals surface area contributed by atoms with Crippen molar-refractivity contribution in [3.8, 4) is 0 Å². The van der Waals surface area contributed by atoms with Crippen LogP contribution in [0.1, 0.15) is 30.8 Å². The molecule has 144 valence electrons. The van der Waals surface area contributed by atoms with Crippen LogP contribution in [-0.4, -0.2) is 26.5 Å². The van der Waals surface area contributed by atoms with Gasteiger partial charge >= 0.3 is 11.8 Å². The first kappa shape index (κ1) is 17.9. The number of fused-ring (bicyclic) bond motifs is 2. The van der Waals surface area contributed by atoms with Gasteiger partial charge in [-0.15, -0.1) is 0 Å². The van der Waals surface area contributed by atoms with Crippen LogP contribution in [0.4, 0.5) is 11.5 Å². The summed E-state index contributed by atoms with van der Waals surface area (Å²) in [5.41, 5.74) is 0.802. The van der Waals surface area contributed by atoms with Gasteiger partial charge in [0.25, 0.3) is 5.56 Å². The van der Waals surface area contributed by atoms with Gasteiger partial charge in [0.15, 0.2) is 5.82 Å². The first-order valence-electron chi connectivity index (χ1n) is 9.10. The summed E-state index contributed by atoms with van der Waals surface area (Å²) in [6.45, 7) is 2.32. The molecule has 1 aliphatic rings. The first-order valence-corrected chi connectivity index (χ1v) is 9.10. The lowest BCUT2D eigenvalue weighted by Gasteiger charge is -2.11. The molecule has 1 aromatic carbocycles. The third-order valence-electron chi connectivity index (χ3n) is 4.65. The standard InChI is InChI=1S/C19H19N5O4/c1-11-9-15(23-28-11)22-18(26)17(25)20-12-6-7-14-13(10-12)19(27)24-8-4-2-3-5-16(24)21-14/h6-7,9-10H,2-5,8H2,1H3,(H,20,25)(H,22,23,26). The highest BCUT2D eigenvalue weighted by Gasteiger charge is 2.18. The zero-order valence-corrected chi connectivity index (χ0v) is 15.3. The van der Waals surface area contributed by atoms with Gasteiger partial charge in [0, 0.05) is 24.7 Å². The molecular formula is C19H19N5O4. The van der Waals surface area contributed by atoms with E-state index < -0.39 is 11.8 Å². The number of hydrogen-bond acceptors (Lipinski definition) is 6. The normalized spacial score (nSPS) is 13.6. The van der Waals surface area contributed by atoms with Crippen LogP contribution in [0.5, 0.6) is 0 Å². The smallest absolute Gasteiger partial charge is 0.315 e. The number of aryl methyl sites for hydroxylation is 2. The van der Waals surface area contributed by atoms with E-state index in [9.17, 15) is 14.4 Å². The fourth-order valence-electron chi connectivity index (χ4n) is 3.28. The van der Waals surface area contributed by atoms with Gasteiger partial charge in [0.05, 0.1) is 10.9 Å². The van der Waals surface area contributed by atoms with E-state index in [2.05, 4.69) is 20.8 Å². The number of rotatable bonds is 2. The zero-order chi connectivity index (χ0) is 19.7. The minimum absolute atomic E-state index is 0.125. The van der Waals surface area contributed by atoms with E-state index in [1.807, 2.05) is 0 Å². The Morgan fingerprint density at radius 3 is 2.71 bits per heavy atom. The highest BCUT2D eigenvalue weighted by Crippen LogP contribution is 2.18. The predicted molar refractivity (Wildman–Crippen MR) is 102 cm³/mol. The maximum atomic E-state index is 12.9. The molecular weight excluding hydrogens is 362 g/mol. The molecule has 1 aliphatic heterocycles. The number of anilines is 2. The van der Waals surface area contributed by atoms with E-state index in [-0.39, 0.29) is 11.4 Å². The summed E-state index contributed by atoms with van der Waals surface area (Å²) in [6, 6.07) is 6.35. The molecule has 0 bridgehead atoms. The van der Waals surface area contributed by atoms with Gasteiger partial charge in [0.2, 0.25) is 0 Å². The van der Waals surface area contributed by atoms with Crippen LogP contribution < -0.4 is 16.2 Å². The van der Waals surface area contributed by atoms with Crippen LogP contribution >= 0.6 is 0 Å². The van der Waals surface area contributed by atoms with E-state index in [4.69, 9.17) is 4.52 Å². The minimum atomic E-state index is -0.884. The average Bonchev–Trinajstić information content (AvgIpc) is 2.94. The summed E-state index contributed by atoms with van der Waals surface area (Å²) in [5.74, 6) is -0.291. The van der Waals surface area contributed by atoms with Crippen LogP contribution in [0.2, 0.25) is 0 Å².